The lowest BCUT2D eigenvalue weighted by Crippen LogP contribution is -2.54. The van der Waals surface area contributed by atoms with Crippen LogP contribution in [0.25, 0.3) is 0 Å². The van der Waals surface area contributed by atoms with Crippen LogP contribution in [0.1, 0.15) is 51.9 Å². The van der Waals surface area contributed by atoms with Crippen LogP contribution in [0.15, 0.2) is 0 Å². The van der Waals surface area contributed by atoms with E-state index in [1.54, 1.807) is 0 Å². The molecule has 38 heavy (non-hydrogen) atoms. The highest BCUT2D eigenvalue weighted by atomic mass is 19.1. The highest BCUT2D eigenvalue weighted by Gasteiger charge is 2.47. The number of likely N-dealkylation sites (tertiary alicyclic amines) is 1. The van der Waals surface area contributed by atoms with Crippen LogP contribution in [0.4, 0.5) is 8.78 Å². The smallest absolute Gasteiger partial charge is 0.237 e. The van der Waals surface area contributed by atoms with Crippen molar-refractivity contribution in [1.82, 2.24) is 30.2 Å². The second-order valence-electron chi connectivity index (χ2n) is 13.0. The minimum atomic E-state index is -0.918. The Morgan fingerprint density at radius 2 is 1.68 bits per heavy atom. The van der Waals surface area contributed by atoms with E-state index in [2.05, 4.69) is 27.4 Å². The van der Waals surface area contributed by atoms with Crippen molar-refractivity contribution in [2.75, 3.05) is 59.9 Å². The number of alkyl halides is 2. The Balaban J connectivity index is 1.09. The van der Waals surface area contributed by atoms with E-state index in [4.69, 9.17) is 0 Å². The average Bonchev–Trinajstić information content (AvgIpc) is 3.55. The van der Waals surface area contributed by atoms with E-state index < -0.39 is 12.3 Å². The lowest BCUT2D eigenvalue weighted by molar-refractivity contribution is -0.133. The summed E-state index contributed by atoms with van der Waals surface area (Å²) in [4.78, 5) is 34.3. The Kier molecular flexibility index (Phi) is 8.92. The van der Waals surface area contributed by atoms with Gasteiger partial charge in [0.05, 0.1) is 12.6 Å². The monoisotopic (exact) mass is 538 g/mol. The van der Waals surface area contributed by atoms with Gasteiger partial charge in [0.25, 0.3) is 0 Å². The van der Waals surface area contributed by atoms with Gasteiger partial charge in [-0.15, -0.1) is 0 Å². The Labute approximate surface area is 226 Å². The van der Waals surface area contributed by atoms with Gasteiger partial charge in [0.15, 0.2) is 0 Å². The second kappa shape index (κ2) is 12.0. The van der Waals surface area contributed by atoms with Crippen molar-refractivity contribution in [2.24, 2.45) is 11.8 Å². The first-order valence-corrected chi connectivity index (χ1v) is 14.9. The molecule has 10 heteroatoms. The van der Waals surface area contributed by atoms with E-state index in [1.807, 2.05) is 23.9 Å². The van der Waals surface area contributed by atoms with E-state index in [0.717, 1.165) is 58.5 Å². The summed E-state index contributed by atoms with van der Waals surface area (Å²) in [5.41, 5.74) is 0. The highest BCUT2D eigenvalue weighted by Crippen LogP contribution is 2.39. The summed E-state index contributed by atoms with van der Waals surface area (Å²) in [5, 5.41) is 6.56. The van der Waals surface area contributed by atoms with Crippen molar-refractivity contribution in [1.29, 1.82) is 0 Å². The molecule has 2 N–H and O–H groups in total. The molecule has 3 heterocycles. The lowest BCUT2D eigenvalue weighted by atomic mass is 9.77. The van der Waals surface area contributed by atoms with Crippen LogP contribution in [0.5, 0.6) is 0 Å². The Morgan fingerprint density at radius 3 is 2.39 bits per heavy atom. The summed E-state index contributed by atoms with van der Waals surface area (Å²) in [6.07, 6.45) is 2.97. The van der Waals surface area contributed by atoms with Gasteiger partial charge < -0.3 is 20.4 Å². The maximum atomic E-state index is 14.9. The van der Waals surface area contributed by atoms with Crippen LogP contribution in [0, 0.1) is 11.8 Å². The van der Waals surface area contributed by atoms with Gasteiger partial charge in [-0.05, 0) is 65.0 Å². The first-order valence-electron chi connectivity index (χ1n) is 14.9. The molecular weight excluding hydrogens is 490 g/mol. The maximum absolute atomic E-state index is 14.9. The molecule has 0 aromatic heterocycles. The molecule has 3 aliphatic heterocycles. The lowest BCUT2D eigenvalue weighted by Gasteiger charge is -2.40. The average molecular weight is 539 g/mol. The standard InChI is InChI=1S/C28H48F2N6O2/c1-18-4-5-24(30)23-15-25(32-27(18)23)28(38)31-20-12-19(29)13-22(14-20)36-7-6-21(16-36)34-8-10-35(11-9-34)26(37)17-33(2)3/h18-25,27,32H,4-17H2,1-3H3,(H,31,38). The van der Waals surface area contributed by atoms with Crippen LogP contribution in [0.3, 0.4) is 0 Å². The van der Waals surface area contributed by atoms with Crippen LogP contribution >= 0.6 is 0 Å². The van der Waals surface area contributed by atoms with E-state index in [-0.39, 0.29) is 41.9 Å². The van der Waals surface area contributed by atoms with Crippen LogP contribution in [-0.2, 0) is 9.59 Å². The molecule has 3 saturated heterocycles. The van der Waals surface area contributed by atoms with E-state index in [0.29, 0.717) is 44.2 Å². The number of halogens is 2. The molecular formula is C28H48F2N6O2. The summed E-state index contributed by atoms with van der Waals surface area (Å²) in [6, 6.07) is 0.0884. The quantitative estimate of drug-likeness (QED) is 0.531. The molecule has 216 valence electrons. The van der Waals surface area contributed by atoms with Crippen molar-refractivity contribution in [3.8, 4) is 0 Å². The number of hydrogen-bond acceptors (Lipinski definition) is 6. The number of amides is 2. The fourth-order valence-corrected chi connectivity index (χ4v) is 7.84. The summed E-state index contributed by atoms with van der Waals surface area (Å²) in [7, 11) is 3.84. The number of likely N-dealkylation sites (N-methyl/N-ethyl adjacent to an activating group) is 1. The summed E-state index contributed by atoms with van der Waals surface area (Å²) < 4.78 is 29.4. The third-order valence-corrected chi connectivity index (χ3v) is 9.97. The van der Waals surface area contributed by atoms with Crippen LogP contribution in [-0.4, -0.2) is 134 Å². The number of rotatable bonds is 6. The zero-order chi connectivity index (χ0) is 27.0. The number of fused-ring (bicyclic) bond motifs is 1. The Morgan fingerprint density at radius 1 is 0.921 bits per heavy atom. The molecule has 2 aliphatic carbocycles. The summed E-state index contributed by atoms with van der Waals surface area (Å²) in [5.74, 6) is 0.399. The van der Waals surface area contributed by atoms with Gasteiger partial charge in [0.1, 0.15) is 12.3 Å². The minimum absolute atomic E-state index is 0.0667. The molecule has 0 spiro atoms. The maximum Gasteiger partial charge on any atom is 0.237 e. The number of nitrogens with zero attached hydrogens (tertiary/aromatic N) is 4. The third kappa shape index (κ3) is 6.34. The van der Waals surface area contributed by atoms with Gasteiger partial charge in [0, 0.05) is 69.4 Å². The molecule has 0 radical (unpaired) electrons. The predicted octanol–water partition coefficient (Wildman–Crippen LogP) is 1.26. The van der Waals surface area contributed by atoms with Gasteiger partial charge in [-0.25, -0.2) is 8.78 Å². The molecule has 9 unspecified atom stereocenters. The zero-order valence-corrected chi connectivity index (χ0v) is 23.5. The Hall–Kier alpha value is -1.36. The molecule has 2 amide bonds. The van der Waals surface area contributed by atoms with E-state index >= 15 is 0 Å². The topological polar surface area (TPSA) is 71.2 Å². The van der Waals surface area contributed by atoms with Gasteiger partial charge in [-0.2, -0.15) is 0 Å². The molecule has 9 atom stereocenters. The van der Waals surface area contributed by atoms with Crippen molar-refractivity contribution < 1.29 is 18.4 Å². The molecule has 8 nitrogen and oxygen atoms in total. The highest BCUT2D eigenvalue weighted by molar-refractivity contribution is 5.82. The largest absolute Gasteiger partial charge is 0.352 e. The molecule has 5 rings (SSSR count). The molecule has 5 aliphatic rings. The third-order valence-electron chi connectivity index (χ3n) is 9.97. The number of piperazine rings is 1. The van der Waals surface area contributed by atoms with Gasteiger partial charge in [0.2, 0.25) is 11.8 Å². The number of nitrogens with one attached hydrogen (secondary N) is 2. The van der Waals surface area contributed by atoms with Gasteiger partial charge in [-0.1, -0.05) is 6.92 Å². The zero-order valence-electron chi connectivity index (χ0n) is 23.5. The van der Waals surface area contributed by atoms with Crippen molar-refractivity contribution in [3.63, 3.8) is 0 Å². The minimum Gasteiger partial charge on any atom is -0.352 e. The van der Waals surface area contributed by atoms with Crippen molar-refractivity contribution in [3.05, 3.63) is 0 Å². The number of carbonyl (C=O) groups is 2. The first kappa shape index (κ1) is 28.2. The molecule has 5 fully saturated rings. The summed E-state index contributed by atoms with van der Waals surface area (Å²) in [6.45, 7) is 7.79. The molecule has 0 aromatic carbocycles. The fourth-order valence-electron chi connectivity index (χ4n) is 7.84. The van der Waals surface area contributed by atoms with Crippen molar-refractivity contribution in [2.45, 2.75) is 94.4 Å². The van der Waals surface area contributed by atoms with Crippen LogP contribution < -0.4 is 10.6 Å². The summed E-state index contributed by atoms with van der Waals surface area (Å²) >= 11 is 0. The van der Waals surface area contributed by atoms with E-state index in [1.165, 1.54) is 0 Å². The van der Waals surface area contributed by atoms with Gasteiger partial charge >= 0.3 is 0 Å². The molecule has 0 aromatic rings. The number of hydrogen-bond donors (Lipinski definition) is 2. The fraction of sp³-hybridized carbons (Fsp3) is 0.929. The Bertz CT molecular complexity index is 822. The first-order chi connectivity index (χ1) is 18.2. The SMILES string of the molecule is CC1CCC(F)C2CC(C(=O)NC3CC(F)CC(N4CCC(N5CCN(C(=O)CN(C)C)CC5)C4)C3)NC12. The second-order valence-corrected chi connectivity index (χ2v) is 13.0. The van der Waals surface area contributed by atoms with E-state index in [9.17, 15) is 18.4 Å². The molecule has 0 bridgehead atoms. The predicted molar refractivity (Wildman–Crippen MR) is 143 cm³/mol. The van der Waals surface area contributed by atoms with Gasteiger partial charge in [-0.3, -0.25) is 19.4 Å². The number of carbonyl (C=O) groups excluding carboxylic acids is 2. The molecule has 2 saturated carbocycles. The van der Waals surface area contributed by atoms with Crippen molar-refractivity contribution >= 4 is 11.8 Å². The normalized spacial score (nSPS) is 40.9. The van der Waals surface area contributed by atoms with Crippen LogP contribution in [0.2, 0.25) is 0 Å².